The molecule has 4 heteroatoms. The van der Waals surface area contributed by atoms with E-state index in [0.29, 0.717) is 5.02 Å². The molecule has 1 heterocycles. The van der Waals surface area contributed by atoms with Crippen molar-refractivity contribution in [3.8, 4) is 0 Å². The van der Waals surface area contributed by atoms with Crippen LogP contribution in [0.5, 0.6) is 0 Å². The number of benzene rings is 1. The summed E-state index contributed by atoms with van der Waals surface area (Å²) in [6.45, 7) is 4.82. The lowest BCUT2D eigenvalue weighted by Gasteiger charge is -2.09. The monoisotopic (exact) mass is 285 g/mol. The lowest BCUT2D eigenvalue weighted by atomic mass is 10.2. The van der Waals surface area contributed by atoms with Gasteiger partial charge in [-0.3, -0.25) is 0 Å². The van der Waals surface area contributed by atoms with E-state index in [9.17, 15) is 0 Å². The molecule has 90 valence electrons. The van der Waals surface area contributed by atoms with E-state index in [1.807, 2.05) is 19.1 Å². The van der Waals surface area contributed by atoms with Gasteiger partial charge in [0.25, 0.3) is 0 Å². The van der Waals surface area contributed by atoms with Crippen LogP contribution in [-0.4, -0.2) is 0 Å². The van der Waals surface area contributed by atoms with Crippen LogP contribution in [0.25, 0.3) is 0 Å². The molecule has 0 unspecified atom stereocenters. The number of thiophene rings is 1. The zero-order valence-electron chi connectivity index (χ0n) is 9.68. The Bertz CT molecular complexity index is 534. The molecule has 0 radical (unpaired) electrons. The van der Waals surface area contributed by atoms with Crippen molar-refractivity contribution >= 4 is 40.2 Å². The predicted octanol–water partition coefficient (Wildman–Crippen LogP) is 5.28. The van der Waals surface area contributed by atoms with Crippen molar-refractivity contribution in [1.82, 2.24) is 0 Å². The van der Waals surface area contributed by atoms with Crippen molar-refractivity contribution < 1.29 is 0 Å². The van der Waals surface area contributed by atoms with Crippen LogP contribution in [0.4, 0.5) is 5.69 Å². The molecule has 0 aliphatic carbocycles. The lowest BCUT2D eigenvalue weighted by molar-refractivity contribution is 1.19. The summed E-state index contributed by atoms with van der Waals surface area (Å²) in [5.41, 5.74) is 1.88. The summed E-state index contributed by atoms with van der Waals surface area (Å²) < 4.78 is 0. The summed E-state index contributed by atoms with van der Waals surface area (Å²) in [5, 5.41) is 4.75. The highest BCUT2D eigenvalue weighted by Gasteiger charge is 2.05. The summed E-state index contributed by atoms with van der Waals surface area (Å²) in [5.74, 6) is 0. The average Bonchev–Trinajstić information content (AvgIpc) is 2.68. The fraction of sp³-hybridized carbons (Fsp3) is 0.231. The Morgan fingerprint density at radius 1 is 1.12 bits per heavy atom. The van der Waals surface area contributed by atoms with Gasteiger partial charge in [0.05, 0.1) is 10.7 Å². The molecular formula is C13H13Cl2NS. The molecule has 17 heavy (non-hydrogen) atoms. The molecule has 1 aromatic carbocycles. The number of aryl methyl sites for hydroxylation is 2. The first-order valence-corrected chi connectivity index (χ1v) is 6.88. The van der Waals surface area contributed by atoms with E-state index in [0.717, 1.165) is 22.8 Å². The van der Waals surface area contributed by atoms with Gasteiger partial charge >= 0.3 is 0 Å². The SMILES string of the molecule is Cc1ccc(CNc2cc(Cl)c(C)cc2Cl)s1. The number of nitrogens with one attached hydrogen (secondary N) is 1. The van der Waals surface area contributed by atoms with Gasteiger partial charge < -0.3 is 5.32 Å². The molecule has 1 aromatic heterocycles. The van der Waals surface area contributed by atoms with Crippen molar-refractivity contribution in [3.05, 3.63) is 49.6 Å². The third kappa shape index (κ3) is 3.15. The normalized spacial score (nSPS) is 10.6. The van der Waals surface area contributed by atoms with E-state index in [1.165, 1.54) is 9.75 Å². The maximum absolute atomic E-state index is 6.16. The standard InChI is InChI=1S/C13H13Cl2NS/c1-8-5-12(15)13(6-11(8)14)16-7-10-4-3-9(2)17-10/h3-6,16H,7H2,1-2H3. The van der Waals surface area contributed by atoms with Crippen LogP contribution in [0.1, 0.15) is 15.3 Å². The van der Waals surface area contributed by atoms with Gasteiger partial charge in [0.1, 0.15) is 0 Å². The Hall–Kier alpha value is -0.700. The highest BCUT2D eigenvalue weighted by atomic mass is 35.5. The van der Waals surface area contributed by atoms with Crippen LogP contribution in [-0.2, 0) is 6.54 Å². The number of anilines is 1. The van der Waals surface area contributed by atoms with Crippen molar-refractivity contribution in [2.75, 3.05) is 5.32 Å². The first kappa shape index (κ1) is 12.7. The fourth-order valence-electron chi connectivity index (χ4n) is 1.54. The second-order valence-corrected chi connectivity index (χ2v) is 6.13. The average molecular weight is 286 g/mol. The smallest absolute Gasteiger partial charge is 0.0641 e. The minimum absolute atomic E-state index is 0.708. The van der Waals surface area contributed by atoms with Crippen LogP contribution in [0.3, 0.4) is 0 Å². The molecule has 1 N–H and O–H groups in total. The fourth-order valence-corrected chi connectivity index (χ4v) is 2.82. The molecule has 0 aliphatic heterocycles. The maximum Gasteiger partial charge on any atom is 0.0641 e. The molecule has 0 saturated carbocycles. The molecule has 0 saturated heterocycles. The third-order valence-corrected chi connectivity index (χ3v) is 4.22. The van der Waals surface area contributed by atoms with Gasteiger partial charge in [-0.15, -0.1) is 11.3 Å². The van der Waals surface area contributed by atoms with Gasteiger partial charge in [-0.2, -0.15) is 0 Å². The third-order valence-electron chi connectivity index (χ3n) is 2.50. The van der Waals surface area contributed by atoms with E-state index in [-0.39, 0.29) is 0 Å². The van der Waals surface area contributed by atoms with Gasteiger partial charge in [0, 0.05) is 21.3 Å². The minimum Gasteiger partial charge on any atom is -0.379 e. The molecule has 0 atom stereocenters. The second kappa shape index (κ2) is 5.30. The van der Waals surface area contributed by atoms with Gasteiger partial charge in [-0.05, 0) is 43.7 Å². The Balaban J connectivity index is 2.11. The van der Waals surface area contributed by atoms with E-state index in [4.69, 9.17) is 23.2 Å². The summed E-state index contributed by atoms with van der Waals surface area (Å²) in [6, 6.07) is 7.99. The van der Waals surface area contributed by atoms with Gasteiger partial charge in [0.15, 0.2) is 0 Å². The first-order chi connectivity index (χ1) is 8.06. The molecule has 0 bridgehead atoms. The molecule has 2 aromatic rings. The van der Waals surface area contributed by atoms with Crippen LogP contribution in [0.15, 0.2) is 24.3 Å². The molecule has 1 nitrogen and oxygen atoms in total. The summed E-state index contributed by atoms with van der Waals surface area (Å²) in [6.07, 6.45) is 0. The Morgan fingerprint density at radius 3 is 2.53 bits per heavy atom. The number of hydrogen-bond donors (Lipinski definition) is 1. The molecule has 0 spiro atoms. The number of hydrogen-bond acceptors (Lipinski definition) is 2. The van der Waals surface area contributed by atoms with Crippen molar-refractivity contribution in [2.24, 2.45) is 0 Å². The van der Waals surface area contributed by atoms with Crippen LogP contribution < -0.4 is 5.32 Å². The minimum atomic E-state index is 0.708. The van der Waals surface area contributed by atoms with Gasteiger partial charge in [-0.25, -0.2) is 0 Å². The Labute approximate surface area is 115 Å². The molecule has 0 fully saturated rings. The van der Waals surface area contributed by atoms with E-state index in [2.05, 4.69) is 24.4 Å². The number of rotatable bonds is 3. The predicted molar refractivity (Wildman–Crippen MR) is 77.6 cm³/mol. The van der Waals surface area contributed by atoms with Crippen molar-refractivity contribution in [1.29, 1.82) is 0 Å². The molecule has 0 aliphatic rings. The maximum atomic E-state index is 6.16. The van der Waals surface area contributed by atoms with Crippen molar-refractivity contribution in [2.45, 2.75) is 20.4 Å². The highest BCUT2D eigenvalue weighted by molar-refractivity contribution is 7.11. The summed E-state index contributed by atoms with van der Waals surface area (Å²) in [7, 11) is 0. The van der Waals surface area contributed by atoms with E-state index in [1.54, 1.807) is 11.3 Å². The summed E-state index contributed by atoms with van der Waals surface area (Å²) >= 11 is 14.0. The van der Waals surface area contributed by atoms with Crippen LogP contribution >= 0.6 is 34.5 Å². The topological polar surface area (TPSA) is 12.0 Å². The Morgan fingerprint density at radius 2 is 1.88 bits per heavy atom. The Kier molecular flexibility index (Phi) is 3.97. The molecule has 2 rings (SSSR count). The quantitative estimate of drug-likeness (QED) is 0.809. The molecule has 0 amide bonds. The summed E-state index contributed by atoms with van der Waals surface area (Å²) in [4.78, 5) is 2.60. The van der Waals surface area contributed by atoms with E-state index >= 15 is 0 Å². The first-order valence-electron chi connectivity index (χ1n) is 5.31. The zero-order chi connectivity index (χ0) is 12.4. The van der Waals surface area contributed by atoms with Gasteiger partial charge in [-0.1, -0.05) is 23.2 Å². The highest BCUT2D eigenvalue weighted by Crippen LogP contribution is 2.29. The van der Waals surface area contributed by atoms with Crippen LogP contribution in [0.2, 0.25) is 10.0 Å². The lowest BCUT2D eigenvalue weighted by Crippen LogP contribution is -1.98. The zero-order valence-corrected chi connectivity index (χ0v) is 12.0. The van der Waals surface area contributed by atoms with Gasteiger partial charge in [0.2, 0.25) is 0 Å². The molecular weight excluding hydrogens is 273 g/mol. The van der Waals surface area contributed by atoms with Crippen LogP contribution in [0, 0.1) is 13.8 Å². The van der Waals surface area contributed by atoms with E-state index < -0.39 is 0 Å². The number of halogens is 2. The largest absolute Gasteiger partial charge is 0.379 e. The van der Waals surface area contributed by atoms with Crippen molar-refractivity contribution in [3.63, 3.8) is 0 Å². The second-order valence-electron chi connectivity index (χ2n) is 3.95.